The topological polar surface area (TPSA) is 64.6 Å². The Hall–Kier alpha value is -2.53. The second-order valence-electron chi connectivity index (χ2n) is 5.12. The van der Waals surface area contributed by atoms with Gasteiger partial charge in [0.15, 0.2) is 12.4 Å². The first-order valence-electron chi connectivity index (χ1n) is 7.38. The molecule has 0 aromatic heterocycles. The fraction of sp³-hybridized carbons (Fsp3) is 0.222. The van der Waals surface area contributed by atoms with E-state index in [-0.39, 0.29) is 6.42 Å². The second kappa shape index (κ2) is 8.93. The molecule has 1 atom stereocenters. The number of aldehydes is 1. The number of methoxy groups -OCH3 is 1. The predicted octanol–water partition coefficient (Wildman–Crippen LogP) is 3.39. The van der Waals surface area contributed by atoms with Crippen LogP contribution in [0.15, 0.2) is 48.5 Å². The summed E-state index contributed by atoms with van der Waals surface area (Å²) in [5, 5.41) is 3.18. The lowest BCUT2D eigenvalue weighted by Gasteiger charge is -2.13. The molecule has 2 aromatic rings. The van der Waals surface area contributed by atoms with E-state index in [0.717, 1.165) is 16.9 Å². The van der Waals surface area contributed by atoms with E-state index in [2.05, 4.69) is 5.32 Å². The van der Waals surface area contributed by atoms with Gasteiger partial charge in [-0.1, -0.05) is 35.9 Å². The van der Waals surface area contributed by atoms with Crippen molar-refractivity contribution in [2.75, 3.05) is 7.11 Å². The minimum atomic E-state index is -0.862. The van der Waals surface area contributed by atoms with E-state index in [4.69, 9.17) is 21.1 Å². The quantitative estimate of drug-likeness (QED) is 0.780. The van der Waals surface area contributed by atoms with Crippen LogP contribution in [0, 0.1) is 0 Å². The fourth-order valence-corrected chi connectivity index (χ4v) is 2.32. The number of halogens is 1. The Morgan fingerprint density at radius 1 is 1.21 bits per heavy atom. The molecule has 1 amide bonds. The molecule has 0 radical (unpaired) electrons. The third kappa shape index (κ3) is 5.59. The van der Waals surface area contributed by atoms with E-state index >= 15 is 0 Å². The van der Waals surface area contributed by atoms with E-state index in [0.29, 0.717) is 17.9 Å². The van der Waals surface area contributed by atoms with E-state index in [1.54, 1.807) is 37.4 Å². The van der Waals surface area contributed by atoms with Crippen molar-refractivity contribution in [3.8, 4) is 5.75 Å². The molecule has 0 heterocycles. The van der Waals surface area contributed by atoms with Gasteiger partial charge in [0.2, 0.25) is 0 Å². The Morgan fingerprint density at radius 2 is 1.96 bits per heavy atom. The summed E-state index contributed by atoms with van der Waals surface area (Å²) in [4.78, 5) is 22.9. The number of alkyl carbamates (subject to hydrolysis) is 1. The van der Waals surface area contributed by atoms with Crippen LogP contribution in [0.4, 0.5) is 4.79 Å². The first kappa shape index (κ1) is 17.8. The van der Waals surface area contributed by atoms with Crippen molar-refractivity contribution in [3.05, 3.63) is 64.7 Å². The Labute approximate surface area is 145 Å². The molecule has 6 heteroatoms. The number of rotatable bonds is 7. The van der Waals surface area contributed by atoms with Crippen molar-refractivity contribution in [1.82, 2.24) is 5.32 Å². The Bertz CT molecular complexity index is 688. The zero-order valence-corrected chi connectivity index (χ0v) is 14.0. The van der Waals surface area contributed by atoms with Crippen LogP contribution in [0.3, 0.4) is 0 Å². The van der Waals surface area contributed by atoms with Crippen molar-refractivity contribution in [1.29, 1.82) is 0 Å². The molecule has 5 nitrogen and oxygen atoms in total. The minimum Gasteiger partial charge on any atom is -0.497 e. The molecule has 0 aliphatic rings. The lowest BCUT2D eigenvalue weighted by molar-refractivity contribution is -0.115. The van der Waals surface area contributed by atoms with Gasteiger partial charge in [-0.05, 0) is 35.4 Å². The smallest absolute Gasteiger partial charge is 0.408 e. The van der Waals surface area contributed by atoms with Gasteiger partial charge in [-0.15, -0.1) is 0 Å². The van der Waals surface area contributed by atoms with Crippen LogP contribution in [0.25, 0.3) is 0 Å². The molecule has 1 N–H and O–H groups in total. The number of hydrogen-bond donors (Lipinski definition) is 1. The first-order valence-corrected chi connectivity index (χ1v) is 7.75. The Balaban J connectivity index is 1.83. The van der Waals surface area contributed by atoms with E-state index in [9.17, 15) is 9.59 Å². The Kier molecular flexibility index (Phi) is 6.63. The highest BCUT2D eigenvalue weighted by Gasteiger charge is 2.14. The standard InChI is InChI=1S/C18H18ClNO4/c1-23-16-7-5-13(6-8-16)11-20-18(22)24-17(12-21)10-14-3-2-4-15(19)9-14/h2-9,12,17H,10-11H2,1H3,(H,20,22). The molecule has 0 saturated heterocycles. The van der Waals surface area contributed by atoms with Crippen LogP contribution in [0.5, 0.6) is 5.75 Å². The molecule has 0 saturated carbocycles. The largest absolute Gasteiger partial charge is 0.497 e. The van der Waals surface area contributed by atoms with Crippen molar-refractivity contribution in [3.63, 3.8) is 0 Å². The summed E-state index contributed by atoms with van der Waals surface area (Å²) in [6.45, 7) is 0.297. The lowest BCUT2D eigenvalue weighted by atomic mass is 10.1. The number of nitrogens with one attached hydrogen (secondary N) is 1. The maximum Gasteiger partial charge on any atom is 0.408 e. The third-order valence-corrected chi connectivity index (χ3v) is 3.57. The molecule has 1 unspecified atom stereocenters. The molecule has 2 aromatic carbocycles. The van der Waals surface area contributed by atoms with Gasteiger partial charge in [0.05, 0.1) is 7.11 Å². The molecular formula is C18H18ClNO4. The molecule has 0 spiro atoms. The SMILES string of the molecule is COc1ccc(CNC(=O)OC(C=O)Cc2cccc(Cl)c2)cc1. The van der Waals surface area contributed by atoms with Crippen LogP contribution >= 0.6 is 11.6 Å². The molecule has 0 aliphatic heterocycles. The molecule has 24 heavy (non-hydrogen) atoms. The van der Waals surface area contributed by atoms with Crippen LogP contribution in [-0.2, 0) is 22.5 Å². The van der Waals surface area contributed by atoms with Gasteiger partial charge in [-0.25, -0.2) is 4.79 Å². The fourth-order valence-electron chi connectivity index (χ4n) is 2.11. The van der Waals surface area contributed by atoms with E-state index in [1.807, 2.05) is 18.2 Å². The van der Waals surface area contributed by atoms with Gasteiger partial charge in [0, 0.05) is 18.0 Å². The number of ether oxygens (including phenoxy) is 2. The van der Waals surface area contributed by atoms with E-state index < -0.39 is 12.2 Å². The number of carbonyl (C=O) groups excluding carboxylic acids is 2. The van der Waals surface area contributed by atoms with Gasteiger partial charge in [-0.3, -0.25) is 4.79 Å². The first-order chi connectivity index (χ1) is 11.6. The van der Waals surface area contributed by atoms with Crippen molar-refractivity contribution in [2.24, 2.45) is 0 Å². The maximum atomic E-state index is 11.8. The highest BCUT2D eigenvalue weighted by atomic mass is 35.5. The number of amides is 1. The van der Waals surface area contributed by atoms with Crippen LogP contribution in [-0.4, -0.2) is 25.6 Å². The molecule has 2 rings (SSSR count). The number of hydrogen-bond acceptors (Lipinski definition) is 4. The van der Waals surface area contributed by atoms with Gasteiger partial charge >= 0.3 is 6.09 Å². The van der Waals surface area contributed by atoms with E-state index in [1.165, 1.54) is 0 Å². The third-order valence-electron chi connectivity index (χ3n) is 3.33. The summed E-state index contributed by atoms with van der Waals surface area (Å²) < 4.78 is 10.2. The molecule has 0 aliphatic carbocycles. The van der Waals surface area contributed by atoms with Crippen molar-refractivity contribution < 1.29 is 19.1 Å². The monoisotopic (exact) mass is 347 g/mol. The van der Waals surface area contributed by atoms with Crippen LogP contribution in [0.2, 0.25) is 5.02 Å². The lowest BCUT2D eigenvalue weighted by Crippen LogP contribution is -2.30. The minimum absolute atomic E-state index is 0.278. The summed E-state index contributed by atoms with van der Waals surface area (Å²) in [6.07, 6.45) is -0.627. The summed E-state index contributed by atoms with van der Waals surface area (Å²) in [7, 11) is 1.59. The molecule has 0 bridgehead atoms. The van der Waals surface area contributed by atoms with Gasteiger partial charge in [0.1, 0.15) is 5.75 Å². The highest BCUT2D eigenvalue weighted by molar-refractivity contribution is 6.30. The number of benzene rings is 2. The summed E-state index contributed by atoms with van der Waals surface area (Å²) in [6, 6.07) is 14.3. The zero-order valence-electron chi connectivity index (χ0n) is 13.2. The Morgan fingerprint density at radius 3 is 2.58 bits per heavy atom. The average Bonchev–Trinajstić information content (AvgIpc) is 2.60. The molecule has 126 valence electrons. The maximum absolute atomic E-state index is 11.8. The second-order valence-corrected chi connectivity index (χ2v) is 5.55. The summed E-state index contributed by atoms with van der Waals surface area (Å²) in [5.41, 5.74) is 1.72. The predicted molar refractivity (Wildman–Crippen MR) is 91.3 cm³/mol. The molecular weight excluding hydrogens is 330 g/mol. The van der Waals surface area contributed by atoms with Crippen LogP contribution in [0.1, 0.15) is 11.1 Å². The summed E-state index contributed by atoms with van der Waals surface area (Å²) >= 11 is 5.90. The summed E-state index contributed by atoms with van der Waals surface area (Å²) in [5.74, 6) is 0.740. The number of carbonyl (C=O) groups is 2. The van der Waals surface area contributed by atoms with Gasteiger partial charge < -0.3 is 14.8 Å². The van der Waals surface area contributed by atoms with Gasteiger partial charge in [-0.2, -0.15) is 0 Å². The van der Waals surface area contributed by atoms with Crippen molar-refractivity contribution in [2.45, 2.75) is 19.1 Å². The van der Waals surface area contributed by atoms with Gasteiger partial charge in [0.25, 0.3) is 0 Å². The average molecular weight is 348 g/mol. The van der Waals surface area contributed by atoms with Crippen LogP contribution < -0.4 is 10.1 Å². The molecule has 0 fully saturated rings. The van der Waals surface area contributed by atoms with Crippen molar-refractivity contribution >= 4 is 24.0 Å². The highest BCUT2D eigenvalue weighted by Crippen LogP contribution is 2.13. The zero-order chi connectivity index (χ0) is 17.4. The normalized spacial score (nSPS) is 11.4.